The number of ether oxygens (including phenoxy) is 2. The lowest BCUT2D eigenvalue weighted by atomic mass is 10.2. The highest BCUT2D eigenvalue weighted by Gasteiger charge is 2.14. The standard InChI is InChI=1S/C17H17N3O3/c1-11-5-4-6-16-18-14(10-20(11)16)17(21)19-13-8-7-12(22-2)9-15(13)23-3/h4-10H,1-3H3,(H,19,21). The number of carbonyl (C=O) groups excluding carboxylic acids is 1. The molecular weight excluding hydrogens is 294 g/mol. The summed E-state index contributed by atoms with van der Waals surface area (Å²) < 4.78 is 12.3. The number of hydrogen-bond acceptors (Lipinski definition) is 4. The van der Waals surface area contributed by atoms with Gasteiger partial charge in [-0.3, -0.25) is 4.79 Å². The number of nitrogens with zero attached hydrogens (tertiary/aromatic N) is 2. The molecule has 0 spiro atoms. The van der Waals surface area contributed by atoms with Crippen molar-refractivity contribution in [2.75, 3.05) is 19.5 Å². The predicted octanol–water partition coefficient (Wildman–Crippen LogP) is 2.91. The van der Waals surface area contributed by atoms with Gasteiger partial charge in [-0.25, -0.2) is 4.98 Å². The number of carbonyl (C=O) groups is 1. The first-order valence-corrected chi connectivity index (χ1v) is 7.10. The Kier molecular flexibility index (Phi) is 3.89. The topological polar surface area (TPSA) is 64.9 Å². The van der Waals surface area contributed by atoms with Gasteiger partial charge in [-0.05, 0) is 31.2 Å². The molecule has 0 fully saturated rings. The van der Waals surface area contributed by atoms with Gasteiger partial charge in [0.25, 0.3) is 5.91 Å². The van der Waals surface area contributed by atoms with Crippen molar-refractivity contribution in [1.82, 2.24) is 9.38 Å². The van der Waals surface area contributed by atoms with Crippen LogP contribution in [0.3, 0.4) is 0 Å². The fraction of sp³-hybridized carbons (Fsp3) is 0.176. The Morgan fingerprint density at radius 2 is 2.00 bits per heavy atom. The Balaban J connectivity index is 1.90. The van der Waals surface area contributed by atoms with E-state index >= 15 is 0 Å². The van der Waals surface area contributed by atoms with Gasteiger partial charge in [-0.1, -0.05) is 6.07 Å². The lowest BCUT2D eigenvalue weighted by molar-refractivity contribution is 0.102. The Bertz CT molecular complexity index is 871. The van der Waals surface area contributed by atoms with E-state index in [1.165, 1.54) is 0 Å². The van der Waals surface area contributed by atoms with E-state index in [1.54, 1.807) is 38.6 Å². The van der Waals surface area contributed by atoms with Gasteiger partial charge in [0.05, 0.1) is 19.9 Å². The van der Waals surface area contributed by atoms with Gasteiger partial charge in [-0.2, -0.15) is 0 Å². The predicted molar refractivity (Wildman–Crippen MR) is 87.4 cm³/mol. The molecule has 6 nitrogen and oxygen atoms in total. The summed E-state index contributed by atoms with van der Waals surface area (Å²) in [4.78, 5) is 16.8. The highest BCUT2D eigenvalue weighted by atomic mass is 16.5. The molecule has 2 heterocycles. The van der Waals surface area contributed by atoms with E-state index in [9.17, 15) is 4.79 Å². The van der Waals surface area contributed by atoms with Crippen LogP contribution in [-0.4, -0.2) is 29.5 Å². The molecule has 0 aliphatic heterocycles. The molecule has 118 valence electrons. The molecular formula is C17H17N3O3. The van der Waals surface area contributed by atoms with E-state index in [0.717, 1.165) is 11.3 Å². The zero-order chi connectivity index (χ0) is 16.4. The number of hydrogen-bond donors (Lipinski definition) is 1. The van der Waals surface area contributed by atoms with E-state index in [1.807, 2.05) is 29.5 Å². The first-order valence-electron chi connectivity index (χ1n) is 7.10. The van der Waals surface area contributed by atoms with Crippen molar-refractivity contribution in [2.45, 2.75) is 6.92 Å². The quantitative estimate of drug-likeness (QED) is 0.804. The number of aryl methyl sites for hydroxylation is 1. The van der Waals surface area contributed by atoms with Gasteiger partial charge < -0.3 is 19.2 Å². The first kappa shape index (κ1) is 14.9. The third kappa shape index (κ3) is 2.83. The molecule has 1 amide bonds. The third-order valence-electron chi connectivity index (χ3n) is 3.59. The minimum absolute atomic E-state index is 0.295. The van der Waals surface area contributed by atoms with Gasteiger partial charge in [0.1, 0.15) is 22.8 Å². The lowest BCUT2D eigenvalue weighted by Crippen LogP contribution is -2.13. The van der Waals surface area contributed by atoms with Crippen LogP contribution in [0.1, 0.15) is 16.2 Å². The molecule has 23 heavy (non-hydrogen) atoms. The molecule has 0 bridgehead atoms. The molecule has 0 atom stereocenters. The van der Waals surface area contributed by atoms with Crippen LogP contribution in [0.15, 0.2) is 42.6 Å². The van der Waals surface area contributed by atoms with E-state index in [0.29, 0.717) is 22.9 Å². The van der Waals surface area contributed by atoms with Crippen molar-refractivity contribution in [1.29, 1.82) is 0 Å². The monoisotopic (exact) mass is 311 g/mol. The molecule has 3 aromatic rings. The highest BCUT2D eigenvalue weighted by molar-refractivity contribution is 6.04. The molecule has 0 saturated carbocycles. The number of imidazole rings is 1. The SMILES string of the molecule is COc1ccc(NC(=O)c2cn3c(C)cccc3n2)c(OC)c1. The van der Waals surface area contributed by atoms with Crippen LogP contribution < -0.4 is 14.8 Å². The van der Waals surface area contributed by atoms with Gasteiger partial charge in [0, 0.05) is 18.0 Å². The van der Waals surface area contributed by atoms with Crippen LogP contribution in [0.4, 0.5) is 5.69 Å². The molecule has 2 aromatic heterocycles. The lowest BCUT2D eigenvalue weighted by Gasteiger charge is -2.10. The largest absolute Gasteiger partial charge is 0.497 e. The van der Waals surface area contributed by atoms with Crippen LogP contribution in [0, 0.1) is 6.92 Å². The second-order valence-corrected chi connectivity index (χ2v) is 5.04. The van der Waals surface area contributed by atoms with Crippen LogP contribution in [0.25, 0.3) is 5.65 Å². The summed E-state index contributed by atoms with van der Waals surface area (Å²) >= 11 is 0. The number of rotatable bonds is 4. The number of aromatic nitrogens is 2. The number of benzene rings is 1. The number of pyridine rings is 1. The van der Waals surface area contributed by atoms with Crippen molar-refractivity contribution < 1.29 is 14.3 Å². The van der Waals surface area contributed by atoms with Crippen molar-refractivity contribution in [3.8, 4) is 11.5 Å². The van der Waals surface area contributed by atoms with Crippen molar-refractivity contribution >= 4 is 17.2 Å². The Labute approximate surface area is 133 Å². The number of fused-ring (bicyclic) bond motifs is 1. The average Bonchev–Trinajstić information content (AvgIpc) is 3.01. The maximum atomic E-state index is 12.4. The number of methoxy groups -OCH3 is 2. The van der Waals surface area contributed by atoms with Crippen molar-refractivity contribution in [3.05, 3.63) is 54.0 Å². The second-order valence-electron chi connectivity index (χ2n) is 5.04. The molecule has 1 N–H and O–H groups in total. The molecule has 1 aromatic carbocycles. The van der Waals surface area contributed by atoms with E-state index in [2.05, 4.69) is 10.3 Å². The fourth-order valence-corrected chi connectivity index (χ4v) is 2.35. The molecule has 3 rings (SSSR count). The van der Waals surface area contributed by atoms with Gasteiger partial charge in [0.15, 0.2) is 0 Å². The number of anilines is 1. The molecule has 0 radical (unpaired) electrons. The molecule has 6 heteroatoms. The first-order chi connectivity index (χ1) is 11.1. The maximum absolute atomic E-state index is 12.4. The minimum Gasteiger partial charge on any atom is -0.497 e. The van der Waals surface area contributed by atoms with Crippen LogP contribution >= 0.6 is 0 Å². The Morgan fingerprint density at radius 1 is 1.17 bits per heavy atom. The Hall–Kier alpha value is -3.02. The van der Waals surface area contributed by atoms with Crippen LogP contribution in [-0.2, 0) is 0 Å². The Morgan fingerprint density at radius 3 is 2.70 bits per heavy atom. The van der Waals surface area contributed by atoms with Crippen molar-refractivity contribution in [3.63, 3.8) is 0 Å². The number of amides is 1. The summed E-state index contributed by atoms with van der Waals surface area (Å²) in [5.41, 5.74) is 2.65. The summed E-state index contributed by atoms with van der Waals surface area (Å²) in [5, 5.41) is 2.81. The maximum Gasteiger partial charge on any atom is 0.275 e. The summed E-state index contributed by atoms with van der Waals surface area (Å²) in [6, 6.07) is 10.9. The molecule has 0 aliphatic rings. The van der Waals surface area contributed by atoms with E-state index in [-0.39, 0.29) is 5.91 Å². The normalized spacial score (nSPS) is 10.6. The van der Waals surface area contributed by atoms with Crippen LogP contribution in [0.5, 0.6) is 11.5 Å². The van der Waals surface area contributed by atoms with Gasteiger partial charge in [-0.15, -0.1) is 0 Å². The second kappa shape index (κ2) is 6.00. The van der Waals surface area contributed by atoms with Crippen molar-refractivity contribution in [2.24, 2.45) is 0 Å². The number of nitrogens with one attached hydrogen (secondary N) is 1. The average molecular weight is 311 g/mol. The summed E-state index contributed by atoms with van der Waals surface area (Å²) in [6.45, 7) is 1.96. The van der Waals surface area contributed by atoms with Crippen LogP contribution in [0.2, 0.25) is 0 Å². The third-order valence-corrected chi connectivity index (χ3v) is 3.59. The summed E-state index contributed by atoms with van der Waals surface area (Å²) in [5.74, 6) is 0.886. The molecule has 0 unspecified atom stereocenters. The summed E-state index contributed by atoms with van der Waals surface area (Å²) in [6.07, 6.45) is 1.72. The smallest absolute Gasteiger partial charge is 0.275 e. The zero-order valence-electron chi connectivity index (χ0n) is 13.2. The van der Waals surface area contributed by atoms with E-state index in [4.69, 9.17) is 9.47 Å². The fourth-order valence-electron chi connectivity index (χ4n) is 2.35. The minimum atomic E-state index is -0.295. The highest BCUT2D eigenvalue weighted by Crippen LogP contribution is 2.29. The van der Waals surface area contributed by atoms with Gasteiger partial charge >= 0.3 is 0 Å². The van der Waals surface area contributed by atoms with Gasteiger partial charge in [0.2, 0.25) is 0 Å². The molecule has 0 aliphatic carbocycles. The van der Waals surface area contributed by atoms with E-state index < -0.39 is 0 Å². The zero-order valence-corrected chi connectivity index (χ0v) is 13.2. The summed E-state index contributed by atoms with van der Waals surface area (Å²) in [7, 11) is 3.12. The molecule has 0 saturated heterocycles.